The highest BCUT2D eigenvalue weighted by Crippen LogP contribution is 2.50. The molecule has 1 N–H and O–H groups in total. The third-order valence-electron chi connectivity index (χ3n) is 5.11. The molecule has 0 bridgehead atoms. The van der Waals surface area contributed by atoms with Crippen LogP contribution >= 0.6 is 0 Å². The minimum atomic E-state index is -0.327. The average Bonchev–Trinajstić information content (AvgIpc) is 3.11. The largest absolute Gasteiger partial charge is 0.494 e. The first kappa shape index (κ1) is 15.7. The molecule has 1 heterocycles. The van der Waals surface area contributed by atoms with Crippen LogP contribution in [0.15, 0.2) is 54.6 Å². The second kappa shape index (κ2) is 6.24. The molecule has 0 saturated carbocycles. The summed E-state index contributed by atoms with van der Waals surface area (Å²) in [7, 11) is 0. The van der Waals surface area contributed by atoms with E-state index in [9.17, 15) is 10.1 Å². The molecule has 2 aromatic rings. The smallest absolute Gasteiger partial charge is 0.269 e. The highest BCUT2D eigenvalue weighted by atomic mass is 16.6. The highest BCUT2D eigenvalue weighted by molar-refractivity contribution is 5.63. The lowest BCUT2D eigenvalue weighted by Crippen LogP contribution is -2.29. The first-order chi connectivity index (χ1) is 12.2. The van der Waals surface area contributed by atoms with Crippen LogP contribution in [-0.4, -0.2) is 11.5 Å². The Balaban J connectivity index is 1.69. The van der Waals surface area contributed by atoms with Gasteiger partial charge in [-0.15, -0.1) is 0 Å². The zero-order valence-corrected chi connectivity index (χ0v) is 14.0. The molecule has 2 aliphatic rings. The number of ether oxygens (including phenoxy) is 1. The van der Waals surface area contributed by atoms with Gasteiger partial charge in [-0.05, 0) is 48.6 Å². The molecule has 0 aromatic heterocycles. The molecule has 0 saturated heterocycles. The van der Waals surface area contributed by atoms with Gasteiger partial charge in [0.2, 0.25) is 0 Å². The average molecular weight is 336 g/mol. The van der Waals surface area contributed by atoms with Gasteiger partial charge in [0.25, 0.3) is 5.69 Å². The molecule has 5 nitrogen and oxygen atoms in total. The van der Waals surface area contributed by atoms with E-state index in [4.69, 9.17) is 4.74 Å². The summed E-state index contributed by atoms with van der Waals surface area (Å²) in [6, 6.07) is 13.5. The van der Waals surface area contributed by atoms with Crippen molar-refractivity contribution >= 4 is 11.4 Å². The topological polar surface area (TPSA) is 64.4 Å². The molecule has 2 aromatic carbocycles. The zero-order valence-electron chi connectivity index (χ0n) is 14.0. The van der Waals surface area contributed by atoms with Gasteiger partial charge in [-0.1, -0.05) is 24.3 Å². The Morgan fingerprint density at radius 2 is 2.04 bits per heavy atom. The number of hydrogen-bond acceptors (Lipinski definition) is 4. The Bertz CT molecular complexity index is 829. The van der Waals surface area contributed by atoms with E-state index in [0.717, 1.165) is 23.4 Å². The van der Waals surface area contributed by atoms with Crippen LogP contribution in [0.2, 0.25) is 0 Å². The van der Waals surface area contributed by atoms with E-state index in [1.165, 1.54) is 5.56 Å². The summed E-state index contributed by atoms with van der Waals surface area (Å²) >= 11 is 0. The Kier molecular flexibility index (Phi) is 3.92. The van der Waals surface area contributed by atoms with E-state index in [0.29, 0.717) is 12.5 Å². The van der Waals surface area contributed by atoms with Gasteiger partial charge >= 0.3 is 0 Å². The Morgan fingerprint density at radius 1 is 1.24 bits per heavy atom. The van der Waals surface area contributed by atoms with Crippen LogP contribution in [0.1, 0.15) is 36.4 Å². The van der Waals surface area contributed by atoms with Gasteiger partial charge in [-0.2, -0.15) is 0 Å². The maximum Gasteiger partial charge on any atom is 0.269 e. The van der Waals surface area contributed by atoms with Crippen molar-refractivity contribution in [2.75, 3.05) is 11.9 Å². The van der Waals surface area contributed by atoms with Gasteiger partial charge in [-0.3, -0.25) is 10.1 Å². The third kappa shape index (κ3) is 2.76. The van der Waals surface area contributed by atoms with Gasteiger partial charge < -0.3 is 10.1 Å². The maximum absolute atomic E-state index is 11.1. The molecule has 0 fully saturated rings. The molecule has 4 rings (SSSR count). The fourth-order valence-electron chi connectivity index (χ4n) is 3.96. The zero-order chi connectivity index (χ0) is 17.4. The van der Waals surface area contributed by atoms with Gasteiger partial charge in [0.05, 0.1) is 17.6 Å². The van der Waals surface area contributed by atoms with E-state index in [-0.39, 0.29) is 22.6 Å². The van der Waals surface area contributed by atoms with Crippen LogP contribution in [0.3, 0.4) is 0 Å². The molecule has 1 aliphatic carbocycles. The summed E-state index contributed by atoms with van der Waals surface area (Å²) in [5.41, 5.74) is 3.37. The number of rotatable bonds is 4. The first-order valence-electron chi connectivity index (χ1n) is 8.61. The summed E-state index contributed by atoms with van der Waals surface area (Å²) in [4.78, 5) is 10.8. The van der Waals surface area contributed by atoms with E-state index in [1.54, 1.807) is 12.1 Å². The molecule has 0 radical (unpaired) electrons. The molecule has 1 aliphatic heterocycles. The van der Waals surface area contributed by atoms with Crippen LogP contribution in [0.25, 0.3) is 0 Å². The number of allylic oxidation sites excluding steroid dienone is 2. The molecule has 5 heteroatoms. The molecule has 25 heavy (non-hydrogen) atoms. The second-order valence-corrected chi connectivity index (χ2v) is 6.51. The quantitative estimate of drug-likeness (QED) is 0.494. The maximum atomic E-state index is 11.1. The van der Waals surface area contributed by atoms with Gasteiger partial charge in [-0.25, -0.2) is 0 Å². The summed E-state index contributed by atoms with van der Waals surface area (Å²) in [6.45, 7) is 2.63. The van der Waals surface area contributed by atoms with Crippen molar-refractivity contribution in [3.05, 3.63) is 75.9 Å². The highest BCUT2D eigenvalue weighted by Gasteiger charge is 2.38. The molecule has 0 unspecified atom stereocenters. The van der Waals surface area contributed by atoms with Crippen LogP contribution in [0.5, 0.6) is 5.75 Å². The number of benzene rings is 2. The molecule has 3 atom stereocenters. The summed E-state index contributed by atoms with van der Waals surface area (Å²) < 4.78 is 5.53. The van der Waals surface area contributed by atoms with Crippen LogP contribution in [0, 0.1) is 16.0 Å². The van der Waals surface area contributed by atoms with Crippen molar-refractivity contribution in [1.82, 2.24) is 0 Å². The van der Waals surface area contributed by atoms with E-state index in [1.807, 2.05) is 25.1 Å². The number of hydrogen-bond donors (Lipinski definition) is 1. The minimum Gasteiger partial charge on any atom is -0.494 e. The monoisotopic (exact) mass is 336 g/mol. The van der Waals surface area contributed by atoms with E-state index in [2.05, 4.69) is 29.6 Å². The summed E-state index contributed by atoms with van der Waals surface area (Å²) in [5.74, 6) is 1.46. The number of anilines is 1. The fraction of sp³-hybridized carbons (Fsp3) is 0.300. The molecule has 0 amide bonds. The summed E-state index contributed by atoms with van der Waals surface area (Å²) in [6.07, 6.45) is 5.35. The minimum absolute atomic E-state index is 0.152. The van der Waals surface area contributed by atoms with Crippen molar-refractivity contribution in [2.45, 2.75) is 25.3 Å². The third-order valence-corrected chi connectivity index (χ3v) is 5.11. The first-order valence-corrected chi connectivity index (χ1v) is 8.61. The van der Waals surface area contributed by atoms with Crippen LogP contribution in [0.4, 0.5) is 11.4 Å². The van der Waals surface area contributed by atoms with Crippen molar-refractivity contribution < 1.29 is 9.66 Å². The van der Waals surface area contributed by atoms with Crippen molar-refractivity contribution in [1.29, 1.82) is 0 Å². The number of nitrogens with one attached hydrogen (secondary N) is 1. The lowest BCUT2D eigenvalue weighted by molar-refractivity contribution is -0.384. The number of fused-ring (bicyclic) bond motifs is 3. The lowest BCUT2D eigenvalue weighted by Gasteiger charge is -2.37. The van der Waals surface area contributed by atoms with Gasteiger partial charge in [0.1, 0.15) is 5.75 Å². The Morgan fingerprint density at radius 3 is 2.76 bits per heavy atom. The second-order valence-electron chi connectivity index (χ2n) is 6.51. The Hall–Kier alpha value is -2.82. The fourth-order valence-corrected chi connectivity index (χ4v) is 3.96. The van der Waals surface area contributed by atoms with Crippen molar-refractivity contribution in [2.24, 2.45) is 5.92 Å². The van der Waals surface area contributed by atoms with Crippen LogP contribution < -0.4 is 10.1 Å². The summed E-state index contributed by atoms with van der Waals surface area (Å²) in [5, 5.41) is 14.7. The molecule has 128 valence electrons. The predicted octanol–water partition coefficient (Wildman–Crippen LogP) is 4.82. The van der Waals surface area contributed by atoms with Crippen LogP contribution in [-0.2, 0) is 0 Å². The molecular formula is C20H20N2O3. The lowest BCUT2D eigenvalue weighted by atomic mass is 9.77. The van der Waals surface area contributed by atoms with Crippen molar-refractivity contribution in [3.63, 3.8) is 0 Å². The van der Waals surface area contributed by atoms with Gasteiger partial charge in [0, 0.05) is 23.7 Å². The standard InChI is InChI=1S/C20H20N2O3/c1-2-25-15-9-6-13(7-10-15)20-17-5-3-4-16(17)18-12-14(22(23)24)8-11-19(18)21-20/h3-4,6-12,16-17,20-21H,2,5H2,1H3/t16-,17+,20+/m1/s1. The SMILES string of the molecule is CCOc1ccc([C@@H]2Nc3ccc([N+](=O)[O-])cc3[C@@H]3C=CC[C@@H]32)cc1. The van der Waals surface area contributed by atoms with Crippen molar-refractivity contribution in [3.8, 4) is 5.75 Å². The van der Waals surface area contributed by atoms with E-state index < -0.39 is 0 Å². The normalized spacial score (nSPS) is 23.5. The number of nitrogens with zero attached hydrogens (tertiary/aromatic N) is 1. The number of non-ortho nitro benzene ring substituents is 1. The van der Waals surface area contributed by atoms with E-state index >= 15 is 0 Å². The number of nitro groups is 1. The van der Waals surface area contributed by atoms with Gasteiger partial charge in [0.15, 0.2) is 0 Å². The predicted molar refractivity (Wildman–Crippen MR) is 97.1 cm³/mol. The Labute approximate surface area is 146 Å². The molecular weight excluding hydrogens is 316 g/mol. The molecule has 0 spiro atoms. The number of nitro benzene ring substituents is 1.